The molecule has 0 atom stereocenters. The molecule has 1 heterocycles. The Morgan fingerprint density at radius 1 is 0.889 bits per heavy atom. The first kappa shape index (κ1) is 23.9. The maximum atomic E-state index is 13.4. The van der Waals surface area contributed by atoms with Crippen molar-refractivity contribution in [3.05, 3.63) is 89.2 Å². The van der Waals surface area contributed by atoms with Crippen LogP contribution in [0.25, 0.3) is 0 Å². The maximum absolute atomic E-state index is 13.4. The van der Waals surface area contributed by atoms with Gasteiger partial charge in [0.25, 0.3) is 0 Å². The molecule has 3 aromatic rings. The second-order valence-corrected chi connectivity index (χ2v) is 9.34. The van der Waals surface area contributed by atoms with Crippen LogP contribution in [-0.2, 0) is 29.1 Å². The third-order valence-corrected chi connectivity index (χ3v) is 6.74. The molecule has 2 aliphatic rings. The molecule has 1 N–H and O–H groups in total. The lowest BCUT2D eigenvalue weighted by molar-refractivity contribution is -0.122. The largest absolute Gasteiger partial charge is 0.454 e. The Balaban J connectivity index is 1.27. The quantitative estimate of drug-likeness (QED) is 0.477. The van der Waals surface area contributed by atoms with E-state index in [0.29, 0.717) is 24.6 Å². The van der Waals surface area contributed by atoms with E-state index in [1.807, 2.05) is 42.5 Å². The number of benzene rings is 3. The van der Waals surface area contributed by atoms with Gasteiger partial charge >= 0.3 is 0 Å². The summed E-state index contributed by atoms with van der Waals surface area (Å²) in [6, 6.07) is 19.4. The highest BCUT2D eigenvalue weighted by molar-refractivity contribution is 5.95. The first-order valence-corrected chi connectivity index (χ1v) is 12.3. The molecule has 36 heavy (non-hydrogen) atoms. The van der Waals surface area contributed by atoms with Gasteiger partial charge in [0.2, 0.25) is 18.6 Å². The van der Waals surface area contributed by atoms with Crippen LogP contribution in [0.4, 0.5) is 10.1 Å². The van der Waals surface area contributed by atoms with Gasteiger partial charge in [-0.15, -0.1) is 0 Å². The molecule has 7 heteroatoms. The summed E-state index contributed by atoms with van der Waals surface area (Å²) < 4.78 is 24.1. The van der Waals surface area contributed by atoms with Gasteiger partial charge in [-0.3, -0.25) is 9.59 Å². The lowest BCUT2D eigenvalue weighted by atomic mass is 10.0. The predicted molar refractivity (Wildman–Crippen MR) is 134 cm³/mol. The normalized spacial score (nSPS) is 14.6. The molecule has 1 fully saturated rings. The van der Waals surface area contributed by atoms with Crippen molar-refractivity contribution >= 4 is 17.5 Å². The predicted octanol–water partition coefficient (Wildman–Crippen LogP) is 5.14. The van der Waals surface area contributed by atoms with Gasteiger partial charge in [0.1, 0.15) is 5.82 Å². The Morgan fingerprint density at radius 3 is 2.44 bits per heavy atom. The van der Waals surface area contributed by atoms with Gasteiger partial charge in [0.05, 0.1) is 13.0 Å². The summed E-state index contributed by atoms with van der Waals surface area (Å²) in [6.07, 6.45) is 4.09. The summed E-state index contributed by atoms with van der Waals surface area (Å²) in [4.78, 5) is 27.9. The number of halogens is 1. The molecule has 0 unspecified atom stereocenters. The molecule has 3 aromatic carbocycles. The van der Waals surface area contributed by atoms with E-state index in [-0.39, 0.29) is 36.8 Å². The zero-order valence-corrected chi connectivity index (χ0v) is 20.0. The fourth-order valence-electron chi connectivity index (χ4n) is 4.80. The van der Waals surface area contributed by atoms with Gasteiger partial charge in [-0.1, -0.05) is 43.2 Å². The highest BCUT2D eigenvalue weighted by atomic mass is 19.1. The number of hydrogen-bond donors (Lipinski definition) is 1. The standard InChI is InChI=1S/C29H29FN2O4/c30-24-11-8-20(9-12-24)18-32(29(34)23-5-1-2-6-23)25-7-3-4-21(14-25)16-28(33)31-17-22-10-13-26-27(15-22)36-19-35-26/h3-4,7-15,23H,1-2,5-6,16-19H2,(H,31,33). The maximum Gasteiger partial charge on any atom is 0.231 e. The molecule has 0 radical (unpaired) electrons. The van der Waals surface area contributed by atoms with E-state index in [1.165, 1.54) is 12.1 Å². The zero-order valence-electron chi connectivity index (χ0n) is 20.0. The van der Waals surface area contributed by atoms with E-state index < -0.39 is 0 Å². The molecule has 186 valence electrons. The van der Waals surface area contributed by atoms with E-state index in [4.69, 9.17) is 9.47 Å². The van der Waals surface area contributed by atoms with E-state index in [2.05, 4.69) is 5.32 Å². The lowest BCUT2D eigenvalue weighted by Crippen LogP contribution is -2.35. The monoisotopic (exact) mass is 488 g/mol. The van der Waals surface area contributed by atoms with Crippen LogP contribution < -0.4 is 19.7 Å². The van der Waals surface area contributed by atoms with Crippen molar-refractivity contribution in [2.24, 2.45) is 5.92 Å². The number of fused-ring (bicyclic) bond motifs is 1. The van der Waals surface area contributed by atoms with Crippen molar-refractivity contribution in [2.75, 3.05) is 11.7 Å². The molecule has 2 amide bonds. The molecule has 1 aliphatic heterocycles. The summed E-state index contributed by atoms with van der Waals surface area (Å²) in [5, 5.41) is 2.95. The lowest BCUT2D eigenvalue weighted by Gasteiger charge is -2.26. The van der Waals surface area contributed by atoms with Crippen molar-refractivity contribution in [1.82, 2.24) is 5.32 Å². The Morgan fingerprint density at radius 2 is 1.64 bits per heavy atom. The van der Waals surface area contributed by atoms with Gasteiger partial charge in [0.15, 0.2) is 11.5 Å². The molecule has 0 bridgehead atoms. The third kappa shape index (κ3) is 5.67. The van der Waals surface area contributed by atoms with E-state index >= 15 is 0 Å². The number of amides is 2. The number of carbonyl (C=O) groups is 2. The summed E-state index contributed by atoms with van der Waals surface area (Å²) in [5.74, 6) is 1.06. The van der Waals surface area contributed by atoms with Crippen molar-refractivity contribution in [3.8, 4) is 11.5 Å². The number of hydrogen-bond acceptors (Lipinski definition) is 4. The molecule has 0 aromatic heterocycles. The van der Waals surface area contributed by atoms with Crippen LogP contribution in [0.2, 0.25) is 0 Å². The fourth-order valence-corrected chi connectivity index (χ4v) is 4.80. The molecule has 6 nitrogen and oxygen atoms in total. The van der Waals surface area contributed by atoms with Crippen molar-refractivity contribution in [1.29, 1.82) is 0 Å². The fraction of sp³-hybridized carbons (Fsp3) is 0.310. The first-order chi connectivity index (χ1) is 17.5. The second-order valence-electron chi connectivity index (χ2n) is 9.34. The number of carbonyl (C=O) groups excluding carboxylic acids is 2. The number of rotatable bonds is 8. The summed E-state index contributed by atoms with van der Waals surface area (Å²) >= 11 is 0. The SMILES string of the molecule is O=C(Cc1cccc(N(Cc2ccc(F)cc2)C(=O)C2CCCC2)c1)NCc1ccc2c(c1)OCO2. The summed E-state index contributed by atoms with van der Waals surface area (Å²) in [6.45, 7) is 0.949. The summed E-state index contributed by atoms with van der Waals surface area (Å²) in [5.41, 5.74) is 3.35. The van der Waals surface area contributed by atoms with E-state index in [9.17, 15) is 14.0 Å². The first-order valence-electron chi connectivity index (χ1n) is 12.3. The molecular weight excluding hydrogens is 459 g/mol. The van der Waals surface area contributed by atoms with Gasteiger partial charge < -0.3 is 19.7 Å². The van der Waals surface area contributed by atoms with Crippen LogP contribution in [-0.4, -0.2) is 18.6 Å². The molecule has 0 spiro atoms. The number of ether oxygens (including phenoxy) is 2. The van der Waals surface area contributed by atoms with Crippen LogP contribution in [0.5, 0.6) is 11.5 Å². The van der Waals surface area contributed by atoms with Crippen molar-refractivity contribution < 1.29 is 23.5 Å². The topological polar surface area (TPSA) is 67.9 Å². The van der Waals surface area contributed by atoms with E-state index in [0.717, 1.165) is 48.1 Å². The van der Waals surface area contributed by atoms with Crippen LogP contribution in [0.15, 0.2) is 66.7 Å². The highest BCUT2D eigenvalue weighted by Crippen LogP contribution is 2.32. The third-order valence-electron chi connectivity index (χ3n) is 6.74. The van der Waals surface area contributed by atoms with Crippen LogP contribution in [0, 0.1) is 11.7 Å². The Kier molecular flexibility index (Phi) is 7.16. The van der Waals surface area contributed by atoms with Crippen LogP contribution >= 0.6 is 0 Å². The zero-order chi connectivity index (χ0) is 24.9. The Bertz CT molecular complexity index is 1240. The smallest absolute Gasteiger partial charge is 0.231 e. The Hall–Kier alpha value is -3.87. The number of nitrogens with one attached hydrogen (secondary N) is 1. The molecular formula is C29H29FN2O4. The van der Waals surface area contributed by atoms with Crippen LogP contribution in [0.3, 0.4) is 0 Å². The van der Waals surface area contributed by atoms with Crippen molar-refractivity contribution in [2.45, 2.75) is 45.2 Å². The van der Waals surface area contributed by atoms with Crippen LogP contribution in [0.1, 0.15) is 42.4 Å². The minimum Gasteiger partial charge on any atom is -0.454 e. The Labute approximate surface area is 210 Å². The van der Waals surface area contributed by atoms with Gasteiger partial charge in [-0.2, -0.15) is 0 Å². The average Bonchev–Trinajstić information content (AvgIpc) is 3.59. The van der Waals surface area contributed by atoms with E-state index in [1.54, 1.807) is 17.0 Å². The van der Waals surface area contributed by atoms with Crippen molar-refractivity contribution in [3.63, 3.8) is 0 Å². The summed E-state index contributed by atoms with van der Waals surface area (Å²) in [7, 11) is 0. The minimum atomic E-state index is -0.304. The highest BCUT2D eigenvalue weighted by Gasteiger charge is 2.28. The van der Waals surface area contributed by atoms with Gasteiger partial charge in [-0.05, 0) is 65.9 Å². The molecule has 1 aliphatic carbocycles. The number of nitrogens with zero attached hydrogens (tertiary/aromatic N) is 1. The second kappa shape index (κ2) is 10.8. The molecule has 1 saturated carbocycles. The molecule has 5 rings (SSSR count). The minimum absolute atomic E-state index is 0.000830. The van der Waals surface area contributed by atoms with Gasteiger partial charge in [-0.25, -0.2) is 4.39 Å². The van der Waals surface area contributed by atoms with Gasteiger partial charge in [0, 0.05) is 18.2 Å². The number of anilines is 1. The molecule has 0 saturated heterocycles. The average molecular weight is 489 g/mol.